The number of allylic oxidation sites excluding steroid dienone is 2. The van der Waals surface area contributed by atoms with Crippen molar-refractivity contribution < 1.29 is 9.53 Å². The molecule has 3 aliphatic carbocycles. The van der Waals surface area contributed by atoms with Gasteiger partial charge in [-0.05, 0) is 0 Å². The van der Waals surface area contributed by atoms with E-state index in [9.17, 15) is 4.79 Å². The first kappa shape index (κ1) is 12.8. The molecule has 1 aliphatic heterocycles. The molecule has 2 saturated carbocycles. The number of fused-ring (bicyclic) bond motifs is 7. The second kappa shape index (κ2) is 3.14. The summed E-state index contributed by atoms with van der Waals surface area (Å²) in [5.74, 6) is -1.22. The van der Waals surface area contributed by atoms with Crippen molar-refractivity contribution in [2.75, 3.05) is 0 Å². The highest BCUT2D eigenvalue weighted by molar-refractivity contribution is 6.66. The summed E-state index contributed by atoms with van der Waals surface area (Å²) in [5.41, 5.74) is 0. The molecule has 0 unspecified atom stereocenters. The fourth-order valence-electron chi connectivity index (χ4n) is 3.62. The van der Waals surface area contributed by atoms with Gasteiger partial charge in [-0.3, -0.25) is 4.79 Å². The van der Waals surface area contributed by atoms with Crippen LogP contribution in [0, 0.1) is 11.8 Å². The molecule has 0 aromatic carbocycles. The van der Waals surface area contributed by atoms with Crippen LogP contribution in [0.3, 0.4) is 0 Å². The van der Waals surface area contributed by atoms with Crippen molar-refractivity contribution in [3.05, 3.63) is 10.1 Å². The second-order valence-electron chi connectivity index (χ2n) is 5.05. The van der Waals surface area contributed by atoms with Gasteiger partial charge in [0.25, 0.3) is 0 Å². The van der Waals surface area contributed by atoms with E-state index in [1.54, 1.807) is 0 Å². The number of carbonyl (C=O) groups is 1. The van der Waals surface area contributed by atoms with E-state index < -0.39 is 32.0 Å². The summed E-state index contributed by atoms with van der Waals surface area (Å²) in [6.07, 6.45) is -0.774. The molecule has 2 nitrogen and oxygen atoms in total. The van der Waals surface area contributed by atoms with E-state index in [1.165, 1.54) is 0 Å². The van der Waals surface area contributed by atoms with E-state index in [0.717, 1.165) is 0 Å². The number of carbonyl (C=O) groups excluding carboxylic acids is 1. The molecule has 4 rings (SSSR count). The molecule has 0 aromatic rings. The first-order chi connectivity index (χ1) is 8.20. The summed E-state index contributed by atoms with van der Waals surface area (Å²) in [5, 5.41) is 0.192. The molecule has 0 spiro atoms. The van der Waals surface area contributed by atoms with Crippen LogP contribution in [-0.4, -0.2) is 32.1 Å². The molecule has 98 valence electrons. The number of Topliss-reactive ketones (excluding diaryl/α,β-unsaturated/α-hetero) is 1. The number of ketones is 1. The molecule has 0 amide bonds. The number of epoxide rings is 1. The van der Waals surface area contributed by atoms with Gasteiger partial charge < -0.3 is 4.74 Å². The normalized spacial score (nSPS) is 59.1. The van der Waals surface area contributed by atoms with Gasteiger partial charge in [0.2, 0.25) is 0 Å². The van der Waals surface area contributed by atoms with Crippen LogP contribution in [-0.2, 0) is 9.53 Å². The zero-order chi connectivity index (χ0) is 13.2. The van der Waals surface area contributed by atoms with Crippen LogP contribution in [0.2, 0.25) is 0 Å². The minimum atomic E-state index is -1.64. The first-order valence-electron chi connectivity index (χ1n) is 5.21. The number of hydrogen-bond donors (Lipinski definition) is 0. The highest BCUT2D eigenvalue weighted by atomic mass is 35.5. The lowest BCUT2D eigenvalue weighted by molar-refractivity contribution is -0.125. The molecule has 0 N–H and O–H groups in total. The fourth-order valence-corrected chi connectivity index (χ4v) is 6.63. The van der Waals surface area contributed by atoms with Crippen molar-refractivity contribution in [3.8, 4) is 0 Å². The van der Waals surface area contributed by atoms with E-state index in [4.69, 9.17) is 74.3 Å². The average Bonchev–Trinajstić information content (AvgIpc) is 2.98. The van der Waals surface area contributed by atoms with Crippen LogP contribution in [0.15, 0.2) is 10.1 Å². The van der Waals surface area contributed by atoms with Gasteiger partial charge in [-0.25, -0.2) is 0 Å². The Morgan fingerprint density at radius 3 is 2.17 bits per heavy atom. The van der Waals surface area contributed by atoms with Crippen molar-refractivity contribution in [3.63, 3.8) is 0 Å². The van der Waals surface area contributed by atoms with Crippen LogP contribution in [0.1, 0.15) is 0 Å². The molecule has 1 heterocycles. The van der Waals surface area contributed by atoms with Crippen molar-refractivity contribution >= 4 is 75.4 Å². The van der Waals surface area contributed by atoms with E-state index in [2.05, 4.69) is 0 Å². The Hall–Kier alpha value is 1.11. The lowest BCUT2D eigenvalue weighted by atomic mass is 9.83. The standard InChI is InChI=1S/C10H4Cl6O2/c11-6-7(12)9(14)2-1(3(17)5-4(2)18-5)8(6,13)10(9,15)16/h1-2,4-5H/t1-,2+,4-,5+,8+,9-/m1/s1. The molecule has 18 heavy (non-hydrogen) atoms. The number of rotatable bonds is 0. The van der Waals surface area contributed by atoms with Gasteiger partial charge in [0, 0.05) is 5.92 Å². The Balaban J connectivity index is 2.04. The summed E-state index contributed by atoms with van der Waals surface area (Å²) >= 11 is 38.0. The largest absolute Gasteiger partial charge is 0.361 e. The minimum absolute atomic E-state index is 0.0710. The molecule has 2 bridgehead atoms. The SMILES string of the molecule is O=C1[C@@H]2O[C@@H]2[C@@H]2[C@H]1[C@]1(Cl)C(Cl)=C(Cl)[C@@]2(Cl)C1(Cl)Cl. The lowest BCUT2D eigenvalue weighted by Crippen LogP contribution is -2.46. The van der Waals surface area contributed by atoms with Gasteiger partial charge in [-0.15, -0.1) is 23.2 Å². The Morgan fingerprint density at radius 1 is 1.00 bits per heavy atom. The van der Waals surface area contributed by atoms with Gasteiger partial charge in [0.1, 0.15) is 15.9 Å². The van der Waals surface area contributed by atoms with Crippen molar-refractivity contribution in [1.82, 2.24) is 0 Å². The van der Waals surface area contributed by atoms with E-state index in [-0.39, 0.29) is 22.0 Å². The highest BCUT2D eigenvalue weighted by Crippen LogP contribution is 2.80. The van der Waals surface area contributed by atoms with Crippen molar-refractivity contribution in [2.45, 2.75) is 26.3 Å². The third-order valence-corrected chi connectivity index (χ3v) is 8.73. The fraction of sp³-hybridized carbons (Fsp3) is 0.700. The summed E-state index contributed by atoms with van der Waals surface area (Å²) in [7, 11) is 0. The topological polar surface area (TPSA) is 29.6 Å². The first-order valence-corrected chi connectivity index (χ1v) is 7.48. The van der Waals surface area contributed by atoms with E-state index in [1.807, 2.05) is 0 Å². The molecule has 0 aromatic heterocycles. The molecule has 6 atom stereocenters. The van der Waals surface area contributed by atoms with Gasteiger partial charge in [0.15, 0.2) is 10.1 Å². The smallest absolute Gasteiger partial charge is 0.170 e. The van der Waals surface area contributed by atoms with Gasteiger partial charge in [-0.1, -0.05) is 46.4 Å². The molecule has 0 radical (unpaired) electrons. The highest BCUT2D eigenvalue weighted by Gasteiger charge is 2.89. The molecule has 4 aliphatic rings. The van der Waals surface area contributed by atoms with Crippen LogP contribution < -0.4 is 0 Å². The van der Waals surface area contributed by atoms with Gasteiger partial charge >= 0.3 is 0 Å². The monoisotopic (exact) mass is 366 g/mol. The van der Waals surface area contributed by atoms with Crippen LogP contribution >= 0.6 is 69.6 Å². The Kier molecular flexibility index (Phi) is 2.23. The lowest BCUT2D eigenvalue weighted by Gasteiger charge is -2.33. The maximum absolute atomic E-state index is 12.2. The molecular formula is C10H4Cl6O2. The predicted octanol–water partition coefficient (Wildman–Crippen LogP) is 3.41. The van der Waals surface area contributed by atoms with Crippen LogP contribution in [0.4, 0.5) is 0 Å². The summed E-state index contributed by atoms with van der Waals surface area (Å²) < 4.78 is 3.64. The Bertz CT molecular complexity index is 544. The maximum Gasteiger partial charge on any atom is 0.170 e. The molecule has 8 heteroatoms. The van der Waals surface area contributed by atoms with E-state index in [0.29, 0.717) is 0 Å². The number of ether oxygens (including phenoxy) is 1. The van der Waals surface area contributed by atoms with E-state index >= 15 is 0 Å². The Labute approximate surface area is 132 Å². The summed E-state index contributed by atoms with van der Waals surface area (Å²) in [6.45, 7) is 0. The number of alkyl halides is 4. The Morgan fingerprint density at radius 2 is 1.56 bits per heavy atom. The third-order valence-electron chi connectivity index (χ3n) is 4.46. The van der Waals surface area contributed by atoms with Crippen molar-refractivity contribution in [2.24, 2.45) is 11.8 Å². The average molecular weight is 369 g/mol. The second-order valence-corrected chi connectivity index (χ2v) is 8.33. The quantitative estimate of drug-likeness (QED) is 0.484. The predicted molar refractivity (Wildman–Crippen MR) is 71.0 cm³/mol. The zero-order valence-corrected chi connectivity index (χ0v) is 12.9. The van der Waals surface area contributed by atoms with Crippen molar-refractivity contribution in [1.29, 1.82) is 0 Å². The molecule has 1 saturated heterocycles. The van der Waals surface area contributed by atoms with Crippen LogP contribution in [0.5, 0.6) is 0 Å². The maximum atomic E-state index is 12.2. The zero-order valence-electron chi connectivity index (χ0n) is 8.39. The van der Waals surface area contributed by atoms with Gasteiger partial charge in [-0.2, -0.15) is 0 Å². The minimum Gasteiger partial charge on any atom is -0.361 e. The van der Waals surface area contributed by atoms with Crippen LogP contribution in [0.25, 0.3) is 0 Å². The van der Waals surface area contributed by atoms with Gasteiger partial charge in [0.05, 0.1) is 22.1 Å². The number of halogens is 6. The summed E-state index contributed by atoms with van der Waals surface area (Å²) in [6, 6.07) is 0. The molecule has 3 fully saturated rings. The third kappa shape index (κ3) is 0.930. The molecular weight excluding hydrogens is 365 g/mol. The summed E-state index contributed by atoms with van der Waals surface area (Å²) in [4.78, 5) is 9.36. The number of hydrogen-bond acceptors (Lipinski definition) is 2.